The number of carbonyl (C=O) groups is 3. The first-order chi connectivity index (χ1) is 12.7. The number of likely N-dealkylation sites (tertiary alicyclic amines) is 2. The second-order valence-electron chi connectivity index (χ2n) is 7.81. The smallest absolute Gasteiger partial charge is 0.326 e. The number of benzene rings is 1. The first kappa shape index (κ1) is 19.3. The molecule has 2 heterocycles. The van der Waals surface area contributed by atoms with Crippen LogP contribution in [0.25, 0.3) is 0 Å². The first-order valence-electron chi connectivity index (χ1n) is 9.30. The van der Waals surface area contributed by atoms with E-state index >= 15 is 0 Å². The Morgan fingerprint density at radius 1 is 1.22 bits per heavy atom. The molecule has 1 atom stereocenters. The van der Waals surface area contributed by atoms with Gasteiger partial charge in [0.1, 0.15) is 11.9 Å². The van der Waals surface area contributed by atoms with E-state index in [1.54, 1.807) is 17.9 Å². The Bertz CT molecular complexity index is 771. The van der Waals surface area contributed by atoms with Crippen molar-refractivity contribution < 1.29 is 23.9 Å². The fraction of sp³-hybridized carbons (Fsp3) is 0.550. The summed E-state index contributed by atoms with van der Waals surface area (Å²) >= 11 is 0. The number of nitrogens with zero attached hydrogens (tertiary/aromatic N) is 2. The molecule has 2 aliphatic rings. The van der Waals surface area contributed by atoms with Gasteiger partial charge in [-0.05, 0) is 56.2 Å². The second-order valence-corrected chi connectivity index (χ2v) is 7.81. The number of carbonyl (C=O) groups excluding carboxylic acids is 2. The van der Waals surface area contributed by atoms with Crippen molar-refractivity contribution in [2.45, 2.75) is 45.6 Å². The lowest BCUT2D eigenvalue weighted by molar-refractivity contribution is -0.154. The molecule has 2 saturated heterocycles. The van der Waals surface area contributed by atoms with E-state index in [9.17, 15) is 23.9 Å². The van der Waals surface area contributed by atoms with Crippen molar-refractivity contribution in [2.24, 2.45) is 5.41 Å². The van der Waals surface area contributed by atoms with Gasteiger partial charge in [0.05, 0.1) is 5.56 Å². The quantitative estimate of drug-likeness (QED) is 0.879. The van der Waals surface area contributed by atoms with Gasteiger partial charge in [-0.25, -0.2) is 9.18 Å². The Balaban J connectivity index is 1.68. The fourth-order valence-electron chi connectivity index (χ4n) is 4.09. The molecule has 1 aromatic rings. The summed E-state index contributed by atoms with van der Waals surface area (Å²) in [6, 6.07) is 3.75. The third-order valence-corrected chi connectivity index (χ3v) is 5.99. The number of carboxylic acids is 1. The largest absolute Gasteiger partial charge is 0.480 e. The number of rotatable bonds is 3. The molecule has 0 unspecified atom stereocenters. The second kappa shape index (κ2) is 7.29. The normalized spacial score (nSPS) is 20.6. The third kappa shape index (κ3) is 3.82. The maximum atomic E-state index is 14.1. The van der Waals surface area contributed by atoms with E-state index < -0.39 is 17.8 Å². The van der Waals surface area contributed by atoms with Crippen molar-refractivity contribution in [2.75, 3.05) is 19.6 Å². The summed E-state index contributed by atoms with van der Waals surface area (Å²) in [5.74, 6) is -1.96. The first-order valence-corrected chi connectivity index (χ1v) is 9.30. The number of hydrogen-bond acceptors (Lipinski definition) is 3. The van der Waals surface area contributed by atoms with Crippen molar-refractivity contribution >= 4 is 17.8 Å². The minimum absolute atomic E-state index is 0.0801. The number of halogens is 1. The lowest BCUT2D eigenvalue weighted by Gasteiger charge is -2.48. The SMILES string of the molecule is Cc1ccc(C(=O)N2CCC3(CCC(=O)N([C@@H](C)C(=O)O)C3)CC2)c(F)c1. The molecule has 1 aromatic carbocycles. The van der Waals surface area contributed by atoms with Crippen molar-refractivity contribution in [3.05, 3.63) is 35.1 Å². The third-order valence-electron chi connectivity index (χ3n) is 5.99. The summed E-state index contributed by atoms with van der Waals surface area (Å²) in [6.07, 6.45) is 2.40. The van der Waals surface area contributed by atoms with Crippen LogP contribution in [-0.2, 0) is 9.59 Å². The number of aliphatic carboxylic acids is 1. The van der Waals surface area contributed by atoms with Crippen LogP contribution in [0.5, 0.6) is 0 Å². The zero-order valence-electron chi connectivity index (χ0n) is 15.7. The predicted molar refractivity (Wildman–Crippen MR) is 96.8 cm³/mol. The lowest BCUT2D eigenvalue weighted by atomic mass is 9.72. The molecule has 1 N–H and O–H groups in total. The molecule has 2 amide bonds. The molecule has 2 aliphatic heterocycles. The number of hydrogen-bond donors (Lipinski definition) is 1. The van der Waals surface area contributed by atoms with Crippen molar-refractivity contribution in [1.82, 2.24) is 9.80 Å². The van der Waals surface area contributed by atoms with Crippen LogP contribution < -0.4 is 0 Å². The Hall–Kier alpha value is -2.44. The summed E-state index contributed by atoms with van der Waals surface area (Å²) in [5, 5.41) is 9.24. The van der Waals surface area contributed by atoms with Crippen molar-refractivity contribution in [3.63, 3.8) is 0 Å². The summed E-state index contributed by atoms with van der Waals surface area (Å²) in [6.45, 7) is 4.67. The summed E-state index contributed by atoms with van der Waals surface area (Å²) in [5.41, 5.74) is 0.679. The molecule has 0 radical (unpaired) electrons. The average Bonchev–Trinajstić information content (AvgIpc) is 2.63. The standard InChI is InChI=1S/C20H25FN2O4/c1-13-3-4-15(16(21)11-13)18(25)22-9-7-20(8-10-22)6-5-17(24)23(12-20)14(2)19(26)27/h3-4,11,14H,5-10,12H2,1-2H3,(H,26,27)/t14-/m0/s1. The lowest BCUT2D eigenvalue weighted by Crippen LogP contribution is -2.55. The molecule has 0 aliphatic carbocycles. The molecular weight excluding hydrogens is 351 g/mol. The van der Waals surface area contributed by atoms with Gasteiger partial charge in [-0.2, -0.15) is 0 Å². The molecule has 3 rings (SSSR count). The van der Waals surface area contributed by atoms with Gasteiger partial charge in [0.25, 0.3) is 5.91 Å². The molecular formula is C20H25FN2O4. The highest BCUT2D eigenvalue weighted by atomic mass is 19.1. The fourth-order valence-corrected chi connectivity index (χ4v) is 4.09. The van der Waals surface area contributed by atoms with E-state index in [4.69, 9.17) is 0 Å². The van der Waals surface area contributed by atoms with E-state index in [1.807, 2.05) is 0 Å². The minimum atomic E-state index is -1.01. The number of amides is 2. The van der Waals surface area contributed by atoms with Gasteiger partial charge >= 0.3 is 5.97 Å². The number of carboxylic acid groups (broad SMARTS) is 1. The van der Waals surface area contributed by atoms with Gasteiger partial charge in [0, 0.05) is 26.1 Å². The number of piperidine rings is 2. The average molecular weight is 376 g/mol. The van der Waals surface area contributed by atoms with Crippen LogP contribution in [-0.4, -0.2) is 58.4 Å². The Kier molecular flexibility index (Phi) is 5.22. The summed E-state index contributed by atoms with van der Waals surface area (Å²) in [7, 11) is 0. The maximum absolute atomic E-state index is 14.1. The molecule has 2 fully saturated rings. The van der Waals surface area contributed by atoms with Crippen LogP contribution in [0, 0.1) is 18.2 Å². The maximum Gasteiger partial charge on any atom is 0.326 e. The van der Waals surface area contributed by atoms with Gasteiger partial charge in [0.15, 0.2) is 0 Å². The predicted octanol–water partition coefficient (Wildman–Crippen LogP) is 2.45. The van der Waals surface area contributed by atoms with Crippen LogP contribution >= 0.6 is 0 Å². The Labute approximate surface area is 157 Å². The van der Waals surface area contributed by atoms with Gasteiger partial charge in [0.2, 0.25) is 5.91 Å². The van der Waals surface area contributed by atoms with Crippen LogP contribution in [0.1, 0.15) is 48.5 Å². The highest BCUT2D eigenvalue weighted by Gasteiger charge is 2.44. The highest BCUT2D eigenvalue weighted by molar-refractivity contribution is 5.94. The molecule has 0 bridgehead atoms. The Morgan fingerprint density at radius 3 is 2.48 bits per heavy atom. The van der Waals surface area contributed by atoms with Gasteiger partial charge in [-0.3, -0.25) is 9.59 Å². The van der Waals surface area contributed by atoms with Gasteiger partial charge in [-0.1, -0.05) is 6.07 Å². The molecule has 27 heavy (non-hydrogen) atoms. The molecule has 0 aromatic heterocycles. The van der Waals surface area contributed by atoms with E-state index in [0.717, 1.165) is 5.56 Å². The van der Waals surface area contributed by atoms with Crippen LogP contribution in [0.15, 0.2) is 18.2 Å². The van der Waals surface area contributed by atoms with Crippen LogP contribution in [0.3, 0.4) is 0 Å². The van der Waals surface area contributed by atoms with Crippen LogP contribution in [0.4, 0.5) is 4.39 Å². The summed E-state index contributed by atoms with van der Waals surface area (Å²) in [4.78, 5) is 39.2. The van der Waals surface area contributed by atoms with Crippen molar-refractivity contribution in [1.29, 1.82) is 0 Å². The zero-order valence-corrected chi connectivity index (χ0v) is 15.7. The van der Waals surface area contributed by atoms with Gasteiger partial charge < -0.3 is 14.9 Å². The highest BCUT2D eigenvalue weighted by Crippen LogP contribution is 2.41. The van der Waals surface area contributed by atoms with Gasteiger partial charge in [-0.15, -0.1) is 0 Å². The molecule has 1 spiro atoms. The molecule has 0 saturated carbocycles. The van der Waals surface area contributed by atoms with E-state index in [0.29, 0.717) is 45.3 Å². The van der Waals surface area contributed by atoms with Crippen molar-refractivity contribution in [3.8, 4) is 0 Å². The zero-order chi connectivity index (χ0) is 19.8. The van der Waals surface area contributed by atoms with E-state index in [-0.39, 0.29) is 22.8 Å². The molecule has 146 valence electrons. The minimum Gasteiger partial charge on any atom is -0.480 e. The summed E-state index contributed by atoms with van der Waals surface area (Å²) < 4.78 is 14.1. The Morgan fingerprint density at radius 2 is 1.89 bits per heavy atom. The topological polar surface area (TPSA) is 77.9 Å². The number of aryl methyl sites for hydroxylation is 1. The van der Waals surface area contributed by atoms with E-state index in [1.165, 1.54) is 24.0 Å². The molecule has 7 heteroatoms. The molecule has 6 nitrogen and oxygen atoms in total. The van der Waals surface area contributed by atoms with E-state index in [2.05, 4.69) is 0 Å². The van der Waals surface area contributed by atoms with Crippen LogP contribution in [0.2, 0.25) is 0 Å². The monoisotopic (exact) mass is 376 g/mol.